The van der Waals surface area contributed by atoms with Crippen molar-refractivity contribution in [1.82, 2.24) is 10.6 Å². The van der Waals surface area contributed by atoms with E-state index in [4.69, 9.17) is 0 Å². The van der Waals surface area contributed by atoms with E-state index in [2.05, 4.69) is 16.0 Å². The van der Waals surface area contributed by atoms with Crippen LogP contribution in [-0.2, 0) is 6.54 Å². The summed E-state index contributed by atoms with van der Waals surface area (Å²) in [5.74, 6) is -0.286. The van der Waals surface area contributed by atoms with Crippen LogP contribution in [0.15, 0.2) is 48.5 Å². The third kappa shape index (κ3) is 4.93. The summed E-state index contributed by atoms with van der Waals surface area (Å²) in [6.07, 6.45) is 0.866. The Bertz CT molecular complexity index is 764. The highest BCUT2D eigenvalue weighted by molar-refractivity contribution is 5.96. The molecule has 0 aliphatic carbocycles. The molecule has 0 spiro atoms. The molecule has 1 amide bonds. The van der Waals surface area contributed by atoms with Crippen molar-refractivity contribution in [3.63, 3.8) is 0 Å². The van der Waals surface area contributed by atoms with Crippen LogP contribution < -0.4 is 16.0 Å². The molecule has 7 nitrogen and oxygen atoms in total. The second kappa shape index (κ2) is 9.17. The standard InChI is InChI=1S/C18H20N4O3.ClH/c23-18(21-15-8-9-19-12-15)14-6-7-16(17(10-14)22(24)25)20-11-13-4-2-1-3-5-13;/h1-7,10,15,19-20H,8-9,11-12H2,(H,21,23);1H. The zero-order valence-electron chi connectivity index (χ0n) is 14.1. The van der Waals surface area contributed by atoms with Crippen LogP contribution >= 0.6 is 12.4 Å². The van der Waals surface area contributed by atoms with Crippen molar-refractivity contribution in [3.05, 3.63) is 69.8 Å². The van der Waals surface area contributed by atoms with E-state index in [9.17, 15) is 14.9 Å². The molecule has 3 rings (SSSR count). The fourth-order valence-electron chi connectivity index (χ4n) is 2.81. The molecule has 1 aliphatic heterocycles. The molecule has 2 aromatic rings. The Morgan fingerprint density at radius 2 is 2.00 bits per heavy atom. The quantitative estimate of drug-likeness (QED) is 0.532. The molecule has 0 aromatic heterocycles. The number of carbonyl (C=O) groups is 1. The number of nitro benzene ring substituents is 1. The van der Waals surface area contributed by atoms with Gasteiger partial charge in [0.25, 0.3) is 11.6 Å². The number of carbonyl (C=O) groups excluding carboxylic acids is 1. The van der Waals surface area contributed by atoms with E-state index in [1.165, 1.54) is 6.07 Å². The molecule has 3 N–H and O–H groups in total. The fourth-order valence-corrected chi connectivity index (χ4v) is 2.81. The number of rotatable bonds is 6. The van der Waals surface area contributed by atoms with Crippen LogP contribution in [0.5, 0.6) is 0 Å². The molecule has 26 heavy (non-hydrogen) atoms. The van der Waals surface area contributed by atoms with Gasteiger partial charge in [0.15, 0.2) is 0 Å². The number of nitro groups is 1. The first-order chi connectivity index (χ1) is 12.1. The van der Waals surface area contributed by atoms with Crippen LogP contribution in [0.3, 0.4) is 0 Å². The van der Waals surface area contributed by atoms with Gasteiger partial charge >= 0.3 is 0 Å². The Balaban J connectivity index is 0.00000243. The summed E-state index contributed by atoms with van der Waals surface area (Å²) in [4.78, 5) is 23.2. The molecule has 0 radical (unpaired) electrons. The second-order valence-electron chi connectivity index (χ2n) is 5.99. The molecule has 0 saturated carbocycles. The lowest BCUT2D eigenvalue weighted by atomic mass is 10.1. The van der Waals surface area contributed by atoms with Crippen LogP contribution in [0.1, 0.15) is 22.3 Å². The van der Waals surface area contributed by atoms with Gasteiger partial charge in [0.2, 0.25) is 0 Å². The Labute approximate surface area is 157 Å². The first kappa shape index (κ1) is 19.7. The number of anilines is 1. The lowest BCUT2D eigenvalue weighted by Gasteiger charge is -2.12. The predicted octanol–water partition coefficient (Wildman–Crippen LogP) is 2.72. The maximum absolute atomic E-state index is 12.3. The first-order valence-electron chi connectivity index (χ1n) is 8.21. The molecule has 1 atom stereocenters. The molecular formula is C18H21ClN4O3. The van der Waals surface area contributed by atoms with E-state index in [-0.39, 0.29) is 30.0 Å². The van der Waals surface area contributed by atoms with Gasteiger partial charge in [-0.2, -0.15) is 0 Å². The van der Waals surface area contributed by atoms with E-state index in [0.29, 0.717) is 17.8 Å². The van der Waals surface area contributed by atoms with Gasteiger partial charge in [-0.05, 0) is 30.7 Å². The number of nitrogens with zero attached hydrogens (tertiary/aromatic N) is 1. The summed E-state index contributed by atoms with van der Waals surface area (Å²) in [6.45, 7) is 2.07. The second-order valence-corrected chi connectivity index (χ2v) is 5.99. The topological polar surface area (TPSA) is 96.3 Å². The van der Waals surface area contributed by atoms with Gasteiger partial charge in [-0.3, -0.25) is 14.9 Å². The number of hydrogen-bond donors (Lipinski definition) is 3. The van der Waals surface area contributed by atoms with Crippen LogP contribution in [0.4, 0.5) is 11.4 Å². The number of benzene rings is 2. The molecule has 2 aromatic carbocycles. The monoisotopic (exact) mass is 376 g/mol. The maximum Gasteiger partial charge on any atom is 0.293 e. The van der Waals surface area contributed by atoms with Crippen LogP contribution in [-0.4, -0.2) is 30.0 Å². The molecular weight excluding hydrogens is 356 g/mol. The number of halogens is 1. The van der Waals surface area contributed by atoms with Crippen molar-refractivity contribution < 1.29 is 9.72 Å². The maximum atomic E-state index is 12.3. The van der Waals surface area contributed by atoms with Gasteiger partial charge in [-0.15, -0.1) is 12.4 Å². The highest BCUT2D eigenvalue weighted by atomic mass is 35.5. The number of nitrogens with one attached hydrogen (secondary N) is 3. The zero-order valence-corrected chi connectivity index (χ0v) is 14.9. The van der Waals surface area contributed by atoms with Gasteiger partial charge < -0.3 is 16.0 Å². The van der Waals surface area contributed by atoms with E-state index in [1.807, 2.05) is 30.3 Å². The Morgan fingerprint density at radius 1 is 1.23 bits per heavy atom. The molecule has 1 unspecified atom stereocenters. The Hall–Kier alpha value is -2.64. The summed E-state index contributed by atoms with van der Waals surface area (Å²) < 4.78 is 0. The average Bonchev–Trinajstić information content (AvgIpc) is 3.13. The van der Waals surface area contributed by atoms with Gasteiger partial charge in [0.1, 0.15) is 5.69 Å². The van der Waals surface area contributed by atoms with Crippen molar-refractivity contribution in [1.29, 1.82) is 0 Å². The fraction of sp³-hybridized carbons (Fsp3) is 0.278. The van der Waals surface area contributed by atoms with Crippen molar-refractivity contribution in [2.45, 2.75) is 19.0 Å². The summed E-state index contributed by atoms with van der Waals surface area (Å²) in [7, 11) is 0. The predicted molar refractivity (Wildman–Crippen MR) is 103 cm³/mol. The minimum absolute atomic E-state index is 0. The summed E-state index contributed by atoms with van der Waals surface area (Å²) in [5, 5.41) is 20.5. The lowest BCUT2D eigenvalue weighted by Crippen LogP contribution is -2.36. The average molecular weight is 377 g/mol. The number of hydrogen-bond acceptors (Lipinski definition) is 5. The van der Waals surface area contributed by atoms with Crippen molar-refractivity contribution >= 4 is 29.7 Å². The highest BCUT2D eigenvalue weighted by Crippen LogP contribution is 2.26. The van der Waals surface area contributed by atoms with Crippen LogP contribution in [0.25, 0.3) is 0 Å². The molecule has 0 bridgehead atoms. The van der Waals surface area contributed by atoms with E-state index in [1.54, 1.807) is 12.1 Å². The minimum atomic E-state index is -0.471. The SMILES string of the molecule is Cl.O=C(NC1CCNC1)c1ccc(NCc2ccccc2)c([N+](=O)[O-])c1. The van der Waals surface area contributed by atoms with E-state index in [0.717, 1.165) is 25.1 Å². The third-order valence-electron chi connectivity index (χ3n) is 4.18. The van der Waals surface area contributed by atoms with Gasteiger partial charge in [0.05, 0.1) is 4.92 Å². The molecule has 1 heterocycles. The molecule has 8 heteroatoms. The normalized spacial score (nSPS) is 15.8. The number of amides is 1. The zero-order chi connectivity index (χ0) is 17.6. The minimum Gasteiger partial charge on any atom is -0.375 e. The van der Waals surface area contributed by atoms with Gasteiger partial charge in [-0.1, -0.05) is 30.3 Å². The molecule has 1 saturated heterocycles. The largest absolute Gasteiger partial charge is 0.375 e. The van der Waals surface area contributed by atoms with E-state index < -0.39 is 4.92 Å². The van der Waals surface area contributed by atoms with Crippen LogP contribution in [0, 0.1) is 10.1 Å². The summed E-state index contributed by atoms with van der Waals surface area (Å²) >= 11 is 0. The summed E-state index contributed by atoms with van der Waals surface area (Å²) in [5.41, 5.74) is 1.61. The van der Waals surface area contributed by atoms with Gasteiger partial charge in [0, 0.05) is 30.8 Å². The lowest BCUT2D eigenvalue weighted by molar-refractivity contribution is -0.384. The Morgan fingerprint density at radius 3 is 2.65 bits per heavy atom. The molecule has 138 valence electrons. The van der Waals surface area contributed by atoms with Gasteiger partial charge in [-0.25, -0.2) is 0 Å². The smallest absolute Gasteiger partial charge is 0.293 e. The molecule has 1 fully saturated rings. The molecule has 1 aliphatic rings. The highest BCUT2D eigenvalue weighted by Gasteiger charge is 2.21. The van der Waals surface area contributed by atoms with E-state index >= 15 is 0 Å². The van der Waals surface area contributed by atoms with Crippen LogP contribution in [0.2, 0.25) is 0 Å². The Kier molecular flexibility index (Phi) is 6.94. The third-order valence-corrected chi connectivity index (χ3v) is 4.18. The summed E-state index contributed by atoms with van der Waals surface area (Å²) in [6, 6.07) is 14.2. The van der Waals surface area contributed by atoms with Crippen molar-refractivity contribution in [3.8, 4) is 0 Å². The van der Waals surface area contributed by atoms with Crippen molar-refractivity contribution in [2.24, 2.45) is 0 Å². The first-order valence-corrected chi connectivity index (χ1v) is 8.21. The van der Waals surface area contributed by atoms with Crippen molar-refractivity contribution in [2.75, 3.05) is 18.4 Å².